The molecule has 9 heteroatoms. The van der Waals surface area contributed by atoms with Gasteiger partial charge in [-0.25, -0.2) is 0 Å². The van der Waals surface area contributed by atoms with E-state index in [4.69, 9.17) is 45.3 Å². The molecule has 3 rings (SSSR count). The zero-order chi connectivity index (χ0) is 21.0. The molecule has 0 radical (unpaired) electrons. The molecule has 0 unspecified atom stereocenters. The molecule has 2 aromatic rings. The molecule has 1 amide bonds. The predicted octanol–water partition coefficient (Wildman–Crippen LogP) is 5.25. The summed E-state index contributed by atoms with van der Waals surface area (Å²) in [7, 11) is 0. The third-order valence-corrected chi connectivity index (χ3v) is 6.00. The molecule has 1 fully saturated rings. The van der Waals surface area contributed by atoms with E-state index < -0.39 is 5.97 Å². The predicted molar refractivity (Wildman–Crippen MR) is 119 cm³/mol. The Bertz CT molecular complexity index is 1010. The van der Waals surface area contributed by atoms with Crippen molar-refractivity contribution >= 4 is 69.5 Å². The average molecular weight is 468 g/mol. The zero-order valence-electron chi connectivity index (χ0n) is 14.9. The Morgan fingerprint density at radius 3 is 2.72 bits per heavy atom. The number of rotatable bonds is 7. The molecule has 0 aliphatic carbocycles. The van der Waals surface area contributed by atoms with Crippen molar-refractivity contribution in [2.45, 2.75) is 13.0 Å². The summed E-state index contributed by atoms with van der Waals surface area (Å²) in [6, 6.07) is 12.5. The smallest absolute Gasteiger partial charge is 0.305 e. The van der Waals surface area contributed by atoms with Crippen molar-refractivity contribution in [2.75, 3.05) is 6.54 Å². The number of hydrogen-bond donors (Lipinski definition) is 1. The monoisotopic (exact) mass is 467 g/mol. The van der Waals surface area contributed by atoms with Crippen molar-refractivity contribution < 1.29 is 19.4 Å². The van der Waals surface area contributed by atoms with Crippen LogP contribution < -0.4 is 4.74 Å². The third-order valence-electron chi connectivity index (χ3n) is 4.02. The third kappa shape index (κ3) is 5.51. The number of carboxylic acids is 1. The number of hydrogen-bond acceptors (Lipinski definition) is 5. The van der Waals surface area contributed by atoms with Gasteiger partial charge in [-0.05, 0) is 30.3 Å². The first kappa shape index (κ1) is 21.6. The van der Waals surface area contributed by atoms with Crippen LogP contribution in [0.3, 0.4) is 0 Å². The minimum absolute atomic E-state index is 0.0305. The highest BCUT2D eigenvalue weighted by molar-refractivity contribution is 8.26. The van der Waals surface area contributed by atoms with Crippen LogP contribution in [0.2, 0.25) is 10.0 Å². The van der Waals surface area contributed by atoms with Gasteiger partial charge in [0.25, 0.3) is 5.91 Å². The number of thioether (sulfide) groups is 1. The van der Waals surface area contributed by atoms with Crippen LogP contribution in [0.4, 0.5) is 0 Å². The van der Waals surface area contributed by atoms with Crippen LogP contribution in [0.1, 0.15) is 17.5 Å². The normalized spacial score (nSPS) is 15.2. The molecule has 2 aromatic carbocycles. The molecule has 0 saturated carbocycles. The quantitative estimate of drug-likeness (QED) is 0.443. The van der Waals surface area contributed by atoms with Crippen LogP contribution in [-0.4, -0.2) is 32.7 Å². The fourth-order valence-electron chi connectivity index (χ4n) is 2.58. The van der Waals surface area contributed by atoms with Gasteiger partial charge in [-0.15, -0.1) is 0 Å². The zero-order valence-corrected chi connectivity index (χ0v) is 18.1. The molecule has 5 nitrogen and oxygen atoms in total. The van der Waals surface area contributed by atoms with Gasteiger partial charge in [0.15, 0.2) is 0 Å². The number of carboxylic acid groups (broad SMARTS) is 1. The Hall–Kier alpha value is -2.06. The summed E-state index contributed by atoms with van der Waals surface area (Å²) in [5, 5.41) is 9.93. The molecule has 150 valence electrons. The lowest BCUT2D eigenvalue weighted by Crippen LogP contribution is -2.30. The van der Waals surface area contributed by atoms with Gasteiger partial charge in [-0.3, -0.25) is 14.5 Å². The molecule has 0 atom stereocenters. The Labute approximate surface area is 187 Å². The molecule has 0 bridgehead atoms. The van der Waals surface area contributed by atoms with Gasteiger partial charge in [-0.1, -0.05) is 65.4 Å². The summed E-state index contributed by atoms with van der Waals surface area (Å²) >= 11 is 18.6. The summed E-state index contributed by atoms with van der Waals surface area (Å²) in [6.45, 7) is 0.282. The molecule has 1 aliphatic heterocycles. The lowest BCUT2D eigenvalue weighted by molar-refractivity contribution is -0.137. The van der Waals surface area contributed by atoms with Gasteiger partial charge in [0.05, 0.1) is 11.3 Å². The minimum Gasteiger partial charge on any atom is -0.488 e. The highest BCUT2D eigenvalue weighted by atomic mass is 35.5. The summed E-state index contributed by atoms with van der Waals surface area (Å²) in [6.07, 6.45) is 1.47. The van der Waals surface area contributed by atoms with Crippen LogP contribution in [-0.2, 0) is 16.2 Å². The second kappa shape index (κ2) is 9.63. The second-order valence-corrected chi connectivity index (χ2v) is 8.56. The van der Waals surface area contributed by atoms with Crippen LogP contribution >= 0.6 is 47.2 Å². The Morgan fingerprint density at radius 2 is 2.00 bits per heavy atom. The summed E-state index contributed by atoms with van der Waals surface area (Å²) in [4.78, 5) is 25.1. The second-order valence-electron chi connectivity index (χ2n) is 6.04. The van der Waals surface area contributed by atoms with E-state index in [-0.39, 0.29) is 25.5 Å². The number of thiocarbonyl (C=S) groups is 1. The van der Waals surface area contributed by atoms with Crippen LogP contribution in [0.5, 0.6) is 5.75 Å². The first-order valence-electron chi connectivity index (χ1n) is 8.48. The largest absolute Gasteiger partial charge is 0.488 e. The van der Waals surface area contributed by atoms with Gasteiger partial charge in [0.2, 0.25) is 0 Å². The van der Waals surface area contributed by atoms with Gasteiger partial charge >= 0.3 is 5.97 Å². The Kier molecular flexibility index (Phi) is 7.18. The molecule has 1 aliphatic rings. The van der Waals surface area contributed by atoms with Crippen LogP contribution in [0.25, 0.3) is 6.08 Å². The molecule has 0 aromatic heterocycles. The Morgan fingerprint density at radius 1 is 1.24 bits per heavy atom. The minimum atomic E-state index is -0.992. The highest BCUT2D eigenvalue weighted by Gasteiger charge is 2.32. The standard InChI is InChI=1S/C20H15Cl2NO4S2/c21-14-5-6-16(27-11-12-3-1-2-4-15(12)22)13(9-14)10-17-19(26)23(20(28)29-17)8-7-18(24)25/h1-6,9-10H,7-8,11H2,(H,24,25)/b17-10+. The van der Waals surface area contributed by atoms with E-state index in [0.717, 1.165) is 17.3 Å². The maximum atomic E-state index is 12.6. The number of carbonyl (C=O) groups is 2. The number of halogens is 2. The molecular weight excluding hydrogens is 453 g/mol. The van der Waals surface area contributed by atoms with Crippen molar-refractivity contribution in [1.82, 2.24) is 4.90 Å². The van der Waals surface area contributed by atoms with E-state index in [1.807, 2.05) is 18.2 Å². The van der Waals surface area contributed by atoms with Crippen molar-refractivity contribution in [3.05, 3.63) is 68.5 Å². The first-order valence-corrected chi connectivity index (χ1v) is 10.5. The molecule has 1 N–H and O–H groups in total. The van der Waals surface area contributed by atoms with Crippen molar-refractivity contribution in [3.8, 4) is 5.75 Å². The van der Waals surface area contributed by atoms with E-state index >= 15 is 0 Å². The van der Waals surface area contributed by atoms with Gasteiger partial charge in [0, 0.05) is 27.7 Å². The number of amides is 1. The van der Waals surface area contributed by atoms with Gasteiger partial charge < -0.3 is 9.84 Å². The average Bonchev–Trinajstić information content (AvgIpc) is 2.93. The lowest BCUT2D eigenvalue weighted by atomic mass is 10.1. The maximum Gasteiger partial charge on any atom is 0.305 e. The first-order chi connectivity index (χ1) is 13.8. The number of ether oxygens (including phenoxy) is 1. The highest BCUT2D eigenvalue weighted by Crippen LogP contribution is 2.35. The molecular formula is C20H15Cl2NO4S2. The fraction of sp³-hybridized carbons (Fsp3) is 0.150. The summed E-state index contributed by atoms with van der Waals surface area (Å²) in [5.41, 5.74) is 1.44. The van der Waals surface area contributed by atoms with Gasteiger partial charge in [-0.2, -0.15) is 0 Å². The molecule has 0 spiro atoms. The van der Waals surface area contributed by atoms with E-state index in [0.29, 0.717) is 30.6 Å². The molecule has 1 saturated heterocycles. The van der Waals surface area contributed by atoms with E-state index in [9.17, 15) is 9.59 Å². The molecule has 29 heavy (non-hydrogen) atoms. The van der Waals surface area contributed by atoms with Crippen LogP contribution in [0.15, 0.2) is 47.4 Å². The number of benzene rings is 2. The maximum absolute atomic E-state index is 12.6. The molecule has 1 heterocycles. The summed E-state index contributed by atoms with van der Waals surface area (Å²) < 4.78 is 6.23. The number of carbonyl (C=O) groups excluding carboxylic acids is 1. The van der Waals surface area contributed by atoms with Crippen molar-refractivity contribution in [1.29, 1.82) is 0 Å². The van der Waals surface area contributed by atoms with Gasteiger partial charge in [0.1, 0.15) is 16.7 Å². The van der Waals surface area contributed by atoms with Crippen molar-refractivity contribution in [3.63, 3.8) is 0 Å². The lowest BCUT2D eigenvalue weighted by Gasteiger charge is -2.12. The fourth-order valence-corrected chi connectivity index (χ4v) is 4.25. The Balaban J connectivity index is 1.82. The topological polar surface area (TPSA) is 66.8 Å². The van der Waals surface area contributed by atoms with Crippen molar-refractivity contribution in [2.24, 2.45) is 0 Å². The number of aliphatic carboxylic acids is 1. The van der Waals surface area contributed by atoms with Crippen LogP contribution in [0, 0.1) is 0 Å². The van der Waals surface area contributed by atoms with E-state index in [2.05, 4.69) is 0 Å². The SMILES string of the molecule is O=C(O)CCN1C(=O)/C(=C\c2cc(Cl)ccc2OCc2ccccc2Cl)SC1=S. The summed E-state index contributed by atoms with van der Waals surface area (Å²) in [5.74, 6) is -0.795. The van der Waals surface area contributed by atoms with E-state index in [1.165, 1.54) is 4.90 Å². The van der Waals surface area contributed by atoms with E-state index in [1.54, 1.807) is 30.3 Å². The number of nitrogens with zero attached hydrogens (tertiary/aromatic N) is 1.